The topological polar surface area (TPSA) is 55.1 Å². The summed E-state index contributed by atoms with van der Waals surface area (Å²) in [6.45, 7) is 0.693. The fraction of sp³-hybridized carbons (Fsp3) is 0.500. The van der Waals surface area contributed by atoms with Crippen LogP contribution in [0.1, 0.15) is 36.0 Å². The standard InChI is InChI=1S/C14H19ClN2OS/c1-19-14(7-2-3-8-14)9-17-13(18)10-5-4-6-11(15)12(10)16/h4-6H,2-3,7-9,16H2,1H3,(H,17,18). The number of carbonyl (C=O) groups is 1. The summed E-state index contributed by atoms with van der Waals surface area (Å²) < 4.78 is 0.197. The zero-order valence-electron chi connectivity index (χ0n) is 11.0. The average molecular weight is 299 g/mol. The van der Waals surface area contributed by atoms with Gasteiger partial charge >= 0.3 is 0 Å². The second-order valence-corrected chi connectivity index (χ2v) is 6.66. The predicted octanol–water partition coefficient (Wildman–Crippen LogP) is 3.33. The molecule has 1 fully saturated rings. The number of rotatable bonds is 4. The summed E-state index contributed by atoms with van der Waals surface area (Å²) in [6, 6.07) is 5.14. The molecule has 1 aliphatic carbocycles. The van der Waals surface area contributed by atoms with Gasteiger partial charge in [0.25, 0.3) is 5.91 Å². The second kappa shape index (κ2) is 6.06. The number of halogens is 1. The van der Waals surface area contributed by atoms with E-state index in [1.165, 1.54) is 25.7 Å². The van der Waals surface area contributed by atoms with Crippen LogP contribution in [0.4, 0.5) is 5.69 Å². The van der Waals surface area contributed by atoms with E-state index in [0.29, 0.717) is 22.8 Å². The van der Waals surface area contributed by atoms with Gasteiger partial charge in [0.2, 0.25) is 0 Å². The van der Waals surface area contributed by atoms with E-state index in [1.807, 2.05) is 11.8 Å². The van der Waals surface area contributed by atoms with Crippen molar-refractivity contribution < 1.29 is 4.79 Å². The third-order valence-electron chi connectivity index (χ3n) is 3.82. The zero-order valence-corrected chi connectivity index (χ0v) is 12.6. The molecule has 1 aromatic carbocycles. The van der Waals surface area contributed by atoms with Gasteiger partial charge in [-0.25, -0.2) is 0 Å². The van der Waals surface area contributed by atoms with Crippen LogP contribution in [0.2, 0.25) is 5.02 Å². The number of carbonyl (C=O) groups excluding carboxylic acids is 1. The van der Waals surface area contributed by atoms with Crippen LogP contribution >= 0.6 is 23.4 Å². The van der Waals surface area contributed by atoms with Crippen molar-refractivity contribution in [3.63, 3.8) is 0 Å². The van der Waals surface area contributed by atoms with Crippen molar-refractivity contribution in [2.24, 2.45) is 0 Å². The summed E-state index contributed by atoms with van der Waals surface area (Å²) in [7, 11) is 0. The Labute approximate surface area is 123 Å². The first-order chi connectivity index (χ1) is 9.08. The lowest BCUT2D eigenvalue weighted by Gasteiger charge is -2.27. The Bertz CT molecular complexity index is 473. The van der Waals surface area contributed by atoms with Crippen molar-refractivity contribution in [1.82, 2.24) is 5.32 Å². The Hall–Kier alpha value is -0.870. The number of thioether (sulfide) groups is 1. The highest BCUT2D eigenvalue weighted by Gasteiger charge is 2.33. The Kier molecular flexibility index (Phi) is 4.63. The third-order valence-corrected chi connectivity index (χ3v) is 5.56. The molecular formula is C14H19ClN2OS. The van der Waals surface area contributed by atoms with Crippen molar-refractivity contribution in [3.8, 4) is 0 Å². The van der Waals surface area contributed by atoms with Gasteiger partial charge in [0.1, 0.15) is 0 Å². The number of anilines is 1. The quantitative estimate of drug-likeness (QED) is 0.838. The molecule has 2 rings (SSSR count). The van der Waals surface area contributed by atoms with Crippen molar-refractivity contribution in [3.05, 3.63) is 28.8 Å². The molecule has 19 heavy (non-hydrogen) atoms. The Morgan fingerprint density at radius 2 is 2.16 bits per heavy atom. The van der Waals surface area contributed by atoms with E-state index < -0.39 is 0 Å². The van der Waals surface area contributed by atoms with Crippen molar-refractivity contribution >= 4 is 35.0 Å². The average Bonchev–Trinajstić information content (AvgIpc) is 2.89. The van der Waals surface area contributed by atoms with Crippen molar-refractivity contribution in [1.29, 1.82) is 0 Å². The van der Waals surface area contributed by atoms with E-state index in [4.69, 9.17) is 17.3 Å². The van der Waals surface area contributed by atoms with Gasteiger partial charge in [-0.15, -0.1) is 0 Å². The minimum absolute atomic E-state index is 0.139. The highest BCUT2D eigenvalue weighted by molar-refractivity contribution is 8.00. The lowest BCUT2D eigenvalue weighted by molar-refractivity contribution is 0.0950. The lowest BCUT2D eigenvalue weighted by atomic mass is 10.1. The van der Waals surface area contributed by atoms with Gasteiger partial charge < -0.3 is 11.1 Å². The highest BCUT2D eigenvalue weighted by atomic mass is 35.5. The number of benzene rings is 1. The SMILES string of the molecule is CSC1(CNC(=O)c2cccc(Cl)c2N)CCCC1. The molecule has 1 aliphatic rings. The van der Waals surface area contributed by atoms with Crippen molar-refractivity contribution in [2.75, 3.05) is 18.5 Å². The molecule has 3 nitrogen and oxygen atoms in total. The van der Waals surface area contributed by atoms with E-state index in [1.54, 1.807) is 18.2 Å². The van der Waals surface area contributed by atoms with Gasteiger partial charge in [0.15, 0.2) is 0 Å². The number of nitrogens with one attached hydrogen (secondary N) is 1. The molecule has 1 amide bonds. The fourth-order valence-electron chi connectivity index (χ4n) is 2.54. The largest absolute Gasteiger partial charge is 0.397 e. The molecule has 1 saturated carbocycles. The fourth-order valence-corrected chi connectivity index (χ4v) is 3.63. The molecule has 0 aliphatic heterocycles. The number of amides is 1. The van der Waals surface area contributed by atoms with Gasteiger partial charge in [-0.2, -0.15) is 11.8 Å². The summed E-state index contributed by atoms with van der Waals surface area (Å²) in [5, 5.41) is 3.43. The van der Waals surface area contributed by atoms with E-state index in [9.17, 15) is 4.79 Å². The summed E-state index contributed by atoms with van der Waals surface area (Å²) in [6.07, 6.45) is 6.94. The van der Waals surface area contributed by atoms with E-state index in [2.05, 4.69) is 11.6 Å². The molecule has 0 aromatic heterocycles. The first-order valence-electron chi connectivity index (χ1n) is 6.45. The van der Waals surface area contributed by atoms with Crippen LogP contribution in [-0.2, 0) is 0 Å². The number of hydrogen-bond acceptors (Lipinski definition) is 3. The number of nitrogen functional groups attached to an aromatic ring is 1. The molecule has 0 bridgehead atoms. The van der Waals surface area contributed by atoms with Crippen LogP contribution in [-0.4, -0.2) is 23.5 Å². The third kappa shape index (κ3) is 3.18. The van der Waals surface area contributed by atoms with Crippen LogP contribution in [0.5, 0.6) is 0 Å². The zero-order chi connectivity index (χ0) is 13.9. The van der Waals surface area contributed by atoms with E-state index >= 15 is 0 Å². The number of hydrogen-bond donors (Lipinski definition) is 2. The van der Waals surface area contributed by atoms with E-state index in [0.717, 1.165) is 0 Å². The first kappa shape index (κ1) is 14.5. The molecule has 5 heteroatoms. The molecule has 3 N–H and O–H groups in total. The Balaban J connectivity index is 2.03. The van der Waals surface area contributed by atoms with Crippen molar-refractivity contribution in [2.45, 2.75) is 30.4 Å². The first-order valence-corrected chi connectivity index (χ1v) is 8.06. The van der Waals surface area contributed by atoms with Gasteiger partial charge in [-0.05, 0) is 31.2 Å². The van der Waals surface area contributed by atoms with Crippen LogP contribution in [0.25, 0.3) is 0 Å². The van der Waals surface area contributed by atoms with Crippen LogP contribution in [0, 0.1) is 0 Å². The Morgan fingerprint density at radius 3 is 2.79 bits per heavy atom. The van der Waals surface area contributed by atoms with Gasteiger partial charge in [-0.1, -0.05) is 30.5 Å². The molecule has 0 saturated heterocycles. The minimum Gasteiger partial charge on any atom is -0.397 e. The molecule has 104 valence electrons. The molecule has 0 atom stereocenters. The van der Waals surface area contributed by atoms with Gasteiger partial charge in [0.05, 0.1) is 16.3 Å². The summed E-state index contributed by atoms with van der Waals surface area (Å²) in [5.41, 5.74) is 6.65. The summed E-state index contributed by atoms with van der Waals surface area (Å²) >= 11 is 7.78. The summed E-state index contributed by atoms with van der Waals surface area (Å²) in [5.74, 6) is -0.139. The normalized spacial score (nSPS) is 17.4. The maximum atomic E-state index is 12.2. The van der Waals surface area contributed by atoms with E-state index in [-0.39, 0.29) is 10.7 Å². The number of para-hydroxylation sites is 1. The second-order valence-electron chi connectivity index (χ2n) is 4.98. The molecule has 0 unspecified atom stereocenters. The Morgan fingerprint density at radius 1 is 1.47 bits per heavy atom. The van der Waals surface area contributed by atoms with Crippen LogP contribution < -0.4 is 11.1 Å². The minimum atomic E-state index is -0.139. The van der Waals surface area contributed by atoms with Gasteiger partial charge in [0, 0.05) is 11.3 Å². The lowest BCUT2D eigenvalue weighted by Crippen LogP contribution is -2.38. The molecule has 1 aromatic rings. The monoisotopic (exact) mass is 298 g/mol. The van der Waals surface area contributed by atoms with Crippen LogP contribution in [0.3, 0.4) is 0 Å². The molecule has 0 spiro atoms. The smallest absolute Gasteiger partial charge is 0.253 e. The highest BCUT2D eigenvalue weighted by Crippen LogP contribution is 2.39. The molecular weight excluding hydrogens is 280 g/mol. The predicted molar refractivity (Wildman–Crippen MR) is 82.9 cm³/mol. The maximum absolute atomic E-state index is 12.2. The molecule has 0 heterocycles. The number of nitrogens with two attached hydrogens (primary N) is 1. The molecule has 0 radical (unpaired) electrons. The van der Waals surface area contributed by atoms with Crippen LogP contribution in [0.15, 0.2) is 18.2 Å². The summed E-state index contributed by atoms with van der Waals surface area (Å²) in [4.78, 5) is 12.2. The van der Waals surface area contributed by atoms with Gasteiger partial charge in [-0.3, -0.25) is 4.79 Å². The maximum Gasteiger partial charge on any atom is 0.253 e.